The van der Waals surface area contributed by atoms with Crippen LogP contribution in [0.4, 0.5) is 5.82 Å². The molecule has 0 saturated heterocycles. The molecule has 1 aromatic rings. The average Bonchev–Trinajstić information content (AvgIpc) is 2.58. The quantitative estimate of drug-likeness (QED) is 0.812. The molecule has 18 heavy (non-hydrogen) atoms. The molecule has 1 aromatic heterocycles. The van der Waals surface area contributed by atoms with Gasteiger partial charge in [-0.3, -0.25) is 4.68 Å². The molecule has 0 aliphatic rings. The number of hydrogen-bond donors (Lipinski definition) is 1. The fraction of sp³-hybridized carbons (Fsp3) is 0.583. The van der Waals surface area contributed by atoms with Gasteiger partial charge in [-0.25, -0.2) is 4.79 Å². The van der Waals surface area contributed by atoms with Gasteiger partial charge in [0, 0.05) is 7.05 Å². The van der Waals surface area contributed by atoms with Crippen molar-refractivity contribution >= 4 is 11.8 Å². The van der Waals surface area contributed by atoms with E-state index in [4.69, 9.17) is 10.00 Å². The third-order valence-corrected chi connectivity index (χ3v) is 2.75. The van der Waals surface area contributed by atoms with Crippen LogP contribution in [-0.4, -0.2) is 28.9 Å². The maximum atomic E-state index is 11.7. The smallest absolute Gasteiger partial charge is 0.328 e. The van der Waals surface area contributed by atoms with Crippen molar-refractivity contribution in [3.63, 3.8) is 0 Å². The zero-order chi connectivity index (χ0) is 13.9. The topological polar surface area (TPSA) is 79.9 Å². The van der Waals surface area contributed by atoms with E-state index in [0.29, 0.717) is 17.1 Å². The van der Waals surface area contributed by atoms with Crippen LogP contribution in [0.1, 0.15) is 25.1 Å². The van der Waals surface area contributed by atoms with Crippen LogP contribution < -0.4 is 5.32 Å². The summed E-state index contributed by atoms with van der Waals surface area (Å²) in [6.45, 7) is 5.57. The van der Waals surface area contributed by atoms with Crippen LogP contribution in [0.5, 0.6) is 0 Å². The Morgan fingerprint density at radius 2 is 2.17 bits per heavy atom. The van der Waals surface area contributed by atoms with E-state index in [1.165, 1.54) is 7.11 Å². The molecule has 1 heterocycles. The van der Waals surface area contributed by atoms with Crippen molar-refractivity contribution in [2.45, 2.75) is 26.8 Å². The van der Waals surface area contributed by atoms with Gasteiger partial charge in [-0.05, 0) is 12.8 Å². The molecule has 0 amide bonds. The lowest BCUT2D eigenvalue weighted by Crippen LogP contribution is -2.36. The predicted octanol–water partition coefficient (Wildman–Crippen LogP) is 1.21. The Hall–Kier alpha value is -2.03. The summed E-state index contributed by atoms with van der Waals surface area (Å²) in [4.78, 5) is 11.7. The van der Waals surface area contributed by atoms with Crippen LogP contribution in [0, 0.1) is 24.2 Å². The Labute approximate surface area is 107 Å². The minimum Gasteiger partial charge on any atom is -0.467 e. The number of aromatic nitrogens is 2. The number of carbonyl (C=O) groups excluding carboxylic acids is 1. The van der Waals surface area contributed by atoms with E-state index < -0.39 is 6.04 Å². The largest absolute Gasteiger partial charge is 0.467 e. The summed E-state index contributed by atoms with van der Waals surface area (Å²) in [6, 6.07) is 1.59. The molecule has 0 spiro atoms. The number of hydrogen-bond acceptors (Lipinski definition) is 5. The second-order valence-corrected chi connectivity index (χ2v) is 4.43. The monoisotopic (exact) mass is 250 g/mol. The van der Waals surface area contributed by atoms with Gasteiger partial charge in [0.05, 0.1) is 12.8 Å². The van der Waals surface area contributed by atoms with Gasteiger partial charge in [0.25, 0.3) is 0 Å². The molecule has 0 bridgehead atoms. The lowest BCUT2D eigenvalue weighted by Gasteiger charge is -2.20. The summed E-state index contributed by atoms with van der Waals surface area (Å²) >= 11 is 0. The van der Waals surface area contributed by atoms with E-state index >= 15 is 0 Å². The van der Waals surface area contributed by atoms with Gasteiger partial charge in [-0.1, -0.05) is 13.8 Å². The number of esters is 1. The third kappa shape index (κ3) is 2.62. The summed E-state index contributed by atoms with van der Waals surface area (Å²) in [7, 11) is 3.07. The second kappa shape index (κ2) is 5.54. The van der Waals surface area contributed by atoms with Crippen LogP contribution in [0.15, 0.2) is 0 Å². The van der Waals surface area contributed by atoms with Gasteiger partial charge in [0.15, 0.2) is 0 Å². The van der Waals surface area contributed by atoms with Crippen molar-refractivity contribution < 1.29 is 9.53 Å². The van der Waals surface area contributed by atoms with E-state index in [1.54, 1.807) is 18.7 Å². The molecule has 0 aliphatic carbocycles. The Kier molecular flexibility index (Phi) is 4.32. The van der Waals surface area contributed by atoms with Crippen LogP contribution in [0.3, 0.4) is 0 Å². The lowest BCUT2D eigenvalue weighted by molar-refractivity contribution is -0.142. The number of ether oxygens (including phenoxy) is 1. The number of carbonyl (C=O) groups is 1. The van der Waals surface area contributed by atoms with Gasteiger partial charge in [-0.2, -0.15) is 10.4 Å². The van der Waals surface area contributed by atoms with Crippen molar-refractivity contribution in [3.8, 4) is 6.07 Å². The van der Waals surface area contributed by atoms with E-state index in [-0.39, 0.29) is 11.9 Å². The summed E-state index contributed by atoms with van der Waals surface area (Å²) in [5.74, 6) is 0.228. The number of anilines is 1. The zero-order valence-corrected chi connectivity index (χ0v) is 11.3. The Morgan fingerprint density at radius 1 is 1.56 bits per heavy atom. The molecule has 0 saturated carbocycles. The van der Waals surface area contributed by atoms with Crippen molar-refractivity contribution in [2.24, 2.45) is 13.0 Å². The van der Waals surface area contributed by atoms with E-state index in [2.05, 4.69) is 16.5 Å². The van der Waals surface area contributed by atoms with Crippen molar-refractivity contribution in [1.29, 1.82) is 5.26 Å². The van der Waals surface area contributed by atoms with Crippen molar-refractivity contribution in [1.82, 2.24) is 9.78 Å². The van der Waals surface area contributed by atoms with Crippen LogP contribution in [-0.2, 0) is 16.6 Å². The Balaban J connectivity index is 3.09. The van der Waals surface area contributed by atoms with Gasteiger partial charge in [-0.15, -0.1) is 0 Å². The van der Waals surface area contributed by atoms with E-state index in [9.17, 15) is 4.79 Å². The van der Waals surface area contributed by atoms with E-state index in [1.807, 2.05) is 13.8 Å². The lowest BCUT2D eigenvalue weighted by atomic mass is 10.0. The Morgan fingerprint density at radius 3 is 2.61 bits per heavy atom. The number of rotatable bonds is 4. The van der Waals surface area contributed by atoms with Gasteiger partial charge < -0.3 is 10.1 Å². The van der Waals surface area contributed by atoms with Gasteiger partial charge >= 0.3 is 5.97 Å². The first-order chi connectivity index (χ1) is 8.42. The molecule has 1 atom stereocenters. The molecule has 0 aromatic carbocycles. The molecule has 0 aliphatic heterocycles. The Bertz CT molecular complexity index is 485. The molecule has 1 N–H and O–H groups in total. The molecule has 6 nitrogen and oxygen atoms in total. The number of nitrogens with zero attached hydrogens (tertiary/aromatic N) is 3. The SMILES string of the molecule is COC(=O)C(Nc1c(C#N)c(C)nn1C)C(C)C. The third-order valence-electron chi connectivity index (χ3n) is 2.75. The average molecular weight is 250 g/mol. The van der Waals surface area contributed by atoms with E-state index in [0.717, 1.165) is 0 Å². The molecule has 98 valence electrons. The predicted molar refractivity (Wildman–Crippen MR) is 66.9 cm³/mol. The summed E-state index contributed by atoms with van der Waals surface area (Å²) in [6.07, 6.45) is 0. The highest BCUT2D eigenvalue weighted by atomic mass is 16.5. The minimum absolute atomic E-state index is 0.0409. The molecular formula is C12H18N4O2. The number of aryl methyl sites for hydroxylation is 2. The maximum Gasteiger partial charge on any atom is 0.328 e. The second-order valence-electron chi connectivity index (χ2n) is 4.43. The molecule has 1 unspecified atom stereocenters. The first-order valence-electron chi connectivity index (χ1n) is 5.70. The highest BCUT2D eigenvalue weighted by molar-refractivity contribution is 5.79. The number of methoxy groups -OCH3 is 1. The van der Waals surface area contributed by atoms with Gasteiger partial charge in [0.1, 0.15) is 23.5 Å². The summed E-state index contributed by atoms with van der Waals surface area (Å²) < 4.78 is 6.31. The maximum absolute atomic E-state index is 11.7. The van der Waals surface area contributed by atoms with Gasteiger partial charge in [0.2, 0.25) is 0 Å². The fourth-order valence-electron chi connectivity index (χ4n) is 1.73. The number of nitriles is 1. The standard InChI is InChI=1S/C12H18N4O2/c1-7(2)10(12(17)18-5)14-11-9(6-13)8(3)15-16(11)4/h7,10,14H,1-5H3. The molecular weight excluding hydrogens is 232 g/mol. The van der Waals surface area contributed by atoms with Crippen molar-refractivity contribution in [3.05, 3.63) is 11.3 Å². The molecule has 0 fully saturated rings. The molecule has 6 heteroatoms. The van der Waals surface area contributed by atoms with Crippen molar-refractivity contribution in [2.75, 3.05) is 12.4 Å². The molecule has 1 rings (SSSR count). The first-order valence-corrected chi connectivity index (χ1v) is 5.70. The highest BCUT2D eigenvalue weighted by Crippen LogP contribution is 2.20. The zero-order valence-electron chi connectivity index (χ0n) is 11.3. The minimum atomic E-state index is -0.503. The normalized spacial score (nSPS) is 12.1. The van der Waals surface area contributed by atoms with Crippen LogP contribution in [0.2, 0.25) is 0 Å². The van der Waals surface area contributed by atoms with Crippen LogP contribution >= 0.6 is 0 Å². The summed E-state index contributed by atoms with van der Waals surface area (Å²) in [5, 5.41) is 16.3. The highest BCUT2D eigenvalue weighted by Gasteiger charge is 2.25. The number of nitrogens with one attached hydrogen (secondary N) is 1. The fourth-order valence-corrected chi connectivity index (χ4v) is 1.73. The first kappa shape index (κ1) is 14.0. The summed E-state index contributed by atoms with van der Waals surface area (Å²) in [5.41, 5.74) is 1.09. The van der Waals surface area contributed by atoms with Crippen LogP contribution in [0.25, 0.3) is 0 Å². The molecule has 0 radical (unpaired) electrons.